The molecule has 0 bridgehead atoms. The summed E-state index contributed by atoms with van der Waals surface area (Å²) in [6.07, 6.45) is 0. The fourth-order valence-electron chi connectivity index (χ4n) is 7.92. The Morgan fingerprint density at radius 1 is 0.417 bits per heavy atom. The molecule has 0 amide bonds. The van der Waals surface area contributed by atoms with Gasteiger partial charge in [-0.2, -0.15) is 0 Å². The third-order valence-electron chi connectivity index (χ3n) is 10.8. The predicted octanol–water partition coefficient (Wildman–Crippen LogP) is 15.3. The van der Waals surface area contributed by atoms with Crippen LogP contribution in [-0.2, 0) is 0 Å². The molecule has 60 heavy (non-hydrogen) atoms. The maximum atomic E-state index is 9.48. The molecule has 0 saturated carbocycles. The Balaban J connectivity index is 1.04. The van der Waals surface area contributed by atoms with E-state index in [0.717, 1.165) is 48.2 Å². The van der Waals surface area contributed by atoms with Gasteiger partial charge in [-0.15, -0.1) is 11.3 Å². The van der Waals surface area contributed by atoms with Crippen molar-refractivity contribution < 1.29 is 16.8 Å². The number of nitrogens with zero attached hydrogens (tertiary/aromatic N) is 3. The van der Waals surface area contributed by atoms with Crippen LogP contribution in [-0.4, -0.2) is 15.0 Å². The summed E-state index contributed by atoms with van der Waals surface area (Å²) in [6.45, 7) is 0. The number of aromatic nitrogens is 3. The molecule has 0 fully saturated rings. The van der Waals surface area contributed by atoms with E-state index in [1.165, 1.54) is 5.39 Å². The minimum absolute atomic E-state index is 0.0518. The molecule has 4 nitrogen and oxygen atoms in total. The summed E-state index contributed by atoms with van der Waals surface area (Å²) in [6, 6.07) is 44.3. The smallest absolute Gasteiger partial charge is 0.164 e. The lowest BCUT2D eigenvalue weighted by Crippen LogP contribution is -2.00. The van der Waals surface area contributed by atoms with Crippen molar-refractivity contribution in [3.05, 3.63) is 200 Å². The van der Waals surface area contributed by atoms with Gasteiger partial charge in [0, 0.05) is 53.0 Å². The Labute approximate surface area is 362 Å². The topological polar surface area (TPSA) is 51.8 Å². The normalized spacial score (nSPS) is 13.8. The van der Waals surface area contributed by atoms with Gasteiger partial charge in [-0.1, -0.05) is 158 Å². The molecule has 280 valence electrons. The summed E-state index contributed by atoms with van der Waals surface area (Å²) >= 11 is 1.71. The van der Waals surface area contributed by atoms with E-state index in [4.69, 9.17) is 27.6 Å². The van der Waals surface area contributed by atoms with E-state index in [0.29, 0.717) is 28.6 Å². The second-order valence-corrected chi connectivity index (χ2v) is 15.5. The Hall–Kier alpha value is -7.73. The zero-order valence-electron chi connectivity index (χ0n) is 40.5. The average molecular weight is 793 g/mol. The van der Waals surface area contributed by atoms with Crippen LogP contribution >= 0.6 is 11.3 Å². The van der Waals surface area contributed by atoms with Crippen LogP contribution in [0.25, 0.3) is 120 Å². The van der Waals surface area contributed by atoms with Gasteiger partial charge in [0.15, 0.2) is 17.5 Å². The molecule has 5 heteroatoms. The Morgan fingerprint density at radius 3 is 1.78 bits per heavy atom. The van der Waals surface area contributed by atoms with E-state index in [1.807, 2.05) is 84.9 Å². The number of thiophene rings is 1. The van der Waals surface area contributed by atoms with Crippen molar-refractivity contribution in [1.29, 1.82) is 0 Å². The second kappa shape index (κ2) is 14.0. The van der Waals surface area contributed by atoms with Gasteiger partial charge in [0.05, 0.1) is 12.3 Å². The van der Waals surface area contributed by atoms with Crippen LogP contribution in [0.15, 0.2) is 204 Å². The van der Waals surface area contributed by atoms with Crippen molar-refractivity contribution in [3.8, 4) is 67.5 Å². The van der Waals surface area contributed by atoms with E-state index >= 15 is 0 Å². The number of rotatable bonds is 6. The van der Waals surface area contributed by atoms with Crippen molar-refractivity contribution in [3.63, 3.8) is 0 Å². The van der Waals surface area contributed by atoms with E-state index in [2.05, 4.69) is 42.5 Å². The SMILES string of the molecule is [2H]c1c([2H])c([2H])c2c(c1[2H])c([2H])c([2H])c1c2oc2c([2H])c(-c3cccc(-c4nc(-c5cccc(-c6ccccc6)c5)nc(-c5ccc6c(c5)sc5cccc(-c7ccccc7)c56)n4)c3)c([2H])c([2H])c21. The summed E-state index contributed by atoms with van der Waals surface area (Å²) in [4.78, 5) is 15.2. The highest BCUT2D eigenvalue weighted by Gasteiger charge is 2.17. The Kier molecular flexibility index (Phi) is 6.13. The first-order valence-corrected chi connectivity index (χ1v) is 20.2. The van der Waals surface area contributed by atoms with Crippen molar-refractivity contribution in [2.45, 2.75) is 0 Å². The van der Waals surface area contributed by atoms with Crippen LogP contribution in [0.3, 0.4) is 0 Å². The van der Waals surface area contributed by atoms with Crippen LogP contribution in [0.2, 0.25) is 0 Å². The minimum Gasteiger partial charge on any atom is -0.455 e. The lowest BCUT2D eigenvalue weighted by Gasteiger charge is -2.11. The van der Waals surface area contributed by atoms with Gasteiger partial charge < -0.3 is 4.42 Å². The highest BCUT2D eigenvalue weighted by molar-refractivity contribution is 7.26. The maximum Gasteiger partial charge on any atom is 0.164 e. The number of benzene rings is 9. The summed E-state index contributed by atoms with van der Waals surface area (Å²) in [5.41, 5.74) is 6.60. The third kappa shape index (κ3) is 5.86. The molecule has 0 aliphatic heterocycles. The largest absolute Gasteiger partial charge is 0.455 e. The standard InChI is InChI=1S/C55H33N3OS/c1-3-12-34(13-4-1)37-17-9-19-40(30-37)53-56-54(58-55(57-53)42-26-29-47-50(33-42)60-49-23-11-22-43(51(47)49)35-14-5-2-6-15-35)41-20-10-18-38(31-41)39-25-27-45-46-28-24-36-16-7-8-21-44(36)52(46)59-48(45)32-39/h1-33H/i7D,8D,16D,21D,24D,25D,27D,28D,32D. The van der Waals surface area contributed by atoms with Crippen LogP contribution < -0.4 is 0 Å². The number of hydrogen-bond donors (Lipinski definition) is 0. The first-order chi connectivity index (χ1) is 33.5. The molecule has 0 atom stereocenters. The quantitative estimate of drug-likeness (QED) is 0.168. The Bertz CT molecular complexity index is 4140. The number of furan rings is 1. The molecule has 0 N–H and O–H groups in total. The fraction of sp³-hybridized carbons (Fsp3) is 0. The van der Waals surface area contributed by atoms with Gasteiger partial charge in [-0.05, 0) is 81.2 Å². The predicted molar refractivity (Wildman–Crippen MR) is 250 cm³/mol. The fourth-order valence-corrected chi connectivity index (χ4v) is 9.09. The molecule has 0 saturated heterocycles. The molecule has 3 aromatic heterocycles. The third-order valence-corrected chi connectivity index (χ3v) is 11.9. The number of fused-ring (bicyclic) bond motifs is 8. The molecule has 0 radical (unpaired) electrons. The van der Waals surface area contributed by atoms with E-state index in [1.54, 1.807) is 29.5 Å². The number of hydrogen-bond acceptors (Lipinski definition) is 5. The van der Waals surface area contributed by atoms with Gasteiger partial charge in [-0.3, -0.25) is 0 Å². The Morgan fingerprint density at radius 2 is 1.03 bits per heavy atom. The van der Waals surface area contributed by atoms with Crippen LogP contribution in [0.5, 0.6) is 0 Å². The van der Waals surface area contributed by atoms with Gasteiger partial charge in [-0.25, -0.2) is 15.0 Å². The molecule has 0 spiro atoms. The van der Waals surface area contributed by atoms with E-state index in [9.17, 15) is 4.11 Å². The van der Waals surface area contributed by atoms with E-state index in [-0.39, 0.29) is 56.4 Å². The van der Waals surface area contributed by atoms with Crippen molar-refractivity contribution >= 4 is 64.2 Å². The lowest BCUT2D eigenvalue weighted by molar-refractivity contribution is 0.673. The molecule has 0 aliphatic rings. The average Bonchev–Trinajstić information content (AvgIpc) is 3.98. The summed E-state index contributed by atoms with van der Waals surface area (Å²) in [7, 11) is 0. The van der Waals surface area contributed by atoms with Crippen LogP contribution in [0.4, 0.5) is 0 Å². The zero-order chi connectivity index (χ0) is 47.4. The summed E-state index contributed by atoms with van der Waals surface area (Å²) in [5.74, 6) is 1.21. The first-order valence-electron chi connectivity index (χ1n) is 23.9. The molecule has 3 heterocycles. The molecule has 9 aromatic carbocycles. The van der Waals surface area contributed by atoms with Crippen molar-refractivity contribution in [1.82, 2.24) is 15.0 Å². The summed E-state index contributed by atoms with van der Waals surface area (Å²) in [5, 5.41) is 1.87. The van der Waals surface area contributed by atoms with E-state index < -0.39 is 36.3 Å². The van der Waals surface area contributed by atoms with Crippen LogP contribution in [0.1, 0.15) is 12.3 Å². The molecular weight excluding hydrogens is 751 g/mol. The molecular formula is C55H33N3OS. The highest BCUT2D eigenvalue weighted by atomic mass is 32.1. The monoisotopic (exact) mass is 792 g/mol. The van der Waals surface area contributed by atoms with Gasteiger partial charge in [0.25, 0.3) is 0 Å². The van der Waals surface area contributed by atoms with Crippen molar-refractivity contribution in [2.24, 2.45) is 0 Å². The summed E-state index contributed by atoms with van der Waals surface area (Å²) < 4.78 is 88.1. The van der Waals surface area contributed by atoms with Crippen LogP contribution in [0, 0.1) is 0 Å². The zero-order valence-corrected chi connectivity index (χ0v) is 32.3. The molecule has 0 unspecified atom stereocenters. The lowest BCUT2D eigenvalue weighted by atomic mass is 9.99. The maximum absolute atomic E-state index is 9.48. The van der Waals surface area contributed by atoms with Crippen molar-refractivity contribution in [2.75, 3.05) is 0 Å². The second-order valence-electron chi connectivity index (χ2n) is 14.5. The van der Waals surface area contributed by atoms with Gasteiger partial charge >= 0.3 is 0 Å². The molecule has 0 aliphatic carbocycles. The van der Waals surface area contributed by atoms with Gasteiger partial charge in [0.1, 0.15) is 11.2 Å². The molecule has 12 rings (SSSR count). The highest BCUT2D eigenvalue weighted by Crippen LogP contribution is 2.42. The minimum atomic E-state index is -0.554. The first kappa shape index (κ1) is 26.3. The molecule has 12 aromatic rings. The van der Waals surface area contributed by atoms with Gasteiger partial charge in [0.2, 0.25) is 0 Å².